The van der Waals surface area contributed by atoms with Gasteiger partial charge in [0.25, 0.3) is 11.8 Å². The van der Waals surface area contributed by atoms with Crippen molar-refractivity contribution in [2.75, 3.05) is 0 Å². The molecule has 0 radical (unpaired) electrons. The summed E-state index contributed by atoms with van der Waals surface area (Å²) in [7, 11) is 1.92. The highest BCUT2D eigenvalue weighted by molar-refractivity contribution is 6.31. The van der Waals surface area contributed by atoms with Crippen LogP contribution in [0.2, 0.25) is 0 Å². The predicted octanol–water partition coefficient (Wildman–Crippen LogP) is 2.30. The Morgan fingerprint density at radius 3 is 2.36 bits per heavy atom. The zero-order valence-electron chi connectivity index (χ0n) is 14.4. The van der Waals surface area contributed by atoms with Crippen molar-refractivity contribution < 1.29 is 14.4 Å². The van der Waals surface area contributed by atoms with E-state index >= 15 is 0 Å². The number of hydrogen-bond donors (Lipinski definition) is 1. The highest BCUT2D eigenvalue weighted by atomic mass is 16.2. The number of barbiturate groups is 1. The number of aromatic nitrogens is 1. The third-order valence-electron chi connectivity index (χ3n) is 4.48. The quantitative estimate of drug-likeness (QED) is 0.690. The molecule has 1 N–H and O–H groups in total. The second-order valence-electron chi connectivity index (χ2n) is 6.08. The lowest BCUT2D eigenvalue weighted by molar-refractivity contribution is -0.130. The lowest BCUT2D eigenvalue weighted by Gasteiger charge is -2.26. The van der Waals surface area contributed by atoms with Crippen molar-refractivity contribution in [3.63, 3.8) is 0 Å². The van der Waals surface area contributed by atoms with Crippen LogP contribution in [0.25, 0.3) is 6.08 Å². The summed E-state index contributed by atoms with van der Waals surface area (Å²) in [5.41, 5.74) is 3.52. The molecule has 0 saturated carbocycles. The van der Waals surface area contributed by atoms with Gasteiger partial charge in [0.2, 0.25) is 0 Å². The van der Waals surface area contributed by atoms with E-state index in [1.807, 2.05) is 61.9 Å². The van der Waals surface area contributed by atoms with Gasteiger partial charge in [-0.25, -0.2) is 4.79 Å². The van der Waals surface area contributed by atoms with E-state index in [0.717, 1.165) is 27.4 Å². The first kappa shape index (κ1) is 16.7. The number of amides is 4. The van der Waals surface area contributed by atoms with Crippen LogP contribution in [-0.4, -0.2) is 27.3 Å². The smallest absolute Gasteiger partial charge is 0.331 e. The molecule has 25 heavy (non-hydrogen) atoms. The summed E-state index contributed by atoms with van der Waals surface area (Å²) in [5.74, 6) is -1.25. The zero-order valence-corrected chi connectivity index (χ0v) is 14.4. The van der Waals surface area contributed by atoms with Crippen LogP contribution >= 0.6 is 0 Å². The highest BCUT2D eigenvalue weighted by Gasteiger charge is 2.35. The van der Waals surface area contributed by atoms with Gasteiger partial charge in [-0.05, 0) is 37.1 Å². The fourth-order valence-electron chi connectivity index (χ4n) is 2.79. The van der Waals surface area contributed by atoms with Crippen LogP contribution < -0.4 is 5.32 Å². The van der Waals surface area contributed by atoms with Gasteiger partial charge >= 0.3 is 6.03 Å². The lowest BCUT2D eigenvalue weighted by atomic mass is 10.1. The molecule has 1 aromatic heterocycles. The van der Waals surface area contributed by atoms with Crippen LogP contribution in [0.1, 0.15) is 22.5 Å². The molecule has 1 fully saturated rings. The molecule has 1 saturated heterocycles. The van der Waals surface area contributed by atoms with Gasteiger partial charge in [-0.3, -0.25) is 19.8 Å². The Bertz CT molecular complexity index is 894. The largest absolute Gasteiger partial charge is 0.352 e. The van der Waals surface area contributed by atoms with Gasteiger partial charge in [-0.1, -0.05) is 30.3 Å². The molecule has 0 aliphatic carbocycles. The zero-order chi connectivity index (χ0) is 18.1. The molecule has 2 heterocycles. The number of rotatable bonds is 3. The molecule has 0 atom stereocenters. The number of benzene rings is 1. The Kier molecular flexibility index (Phi) is 4.27. The molecule has 0 bridgehead atoms. The van der Waals surface area contributed by atoms with Gasteiger partial charge in [0.05, 0.1) is 6.54 Å². The van der Waals surface area contributed by atoms with Crippen LogP contribution in [0.3, 0.4) is 0 Å². The van der Waals surface area contributed by atoms with E-state index in [2.05, 4.69) is 5.32 Å². The fourth-order valence-corrected chi connectivity index (χ4v) is 2.79. The van der Waals surface area contributed by atoms with Crippen molar-refractivity contribution >= 4 is 23.9 Å². The molecule has 1 aromatic carbocycles. The van der Waals surface area contributed by atoms with Gasteiger partial charge in [0.1, 0.15) is 5.57 Å². The van der Waals surface area contributed by atoms with Crippen molar-refractivity contribution in [2.24, 2.45) is 7.05 Å². The number of nitrogens with one attached hydrogen (secondary N) is 1. The molecule has 3 rings (SSSR count). The monoisotopic (exact) mass is 337 g/mol. The Labute approximate surface area is 145 Å². The number of nitrogens with zero attached hydrogens (tertiary/aromatic N) is 2. The normalized spacial score (nSPS) is 16.5. The van der Waals surface area contributed by atoms with Gasteiger partial charge < -0.3 is 4.57 Å². The summed E-state index contributed by atoms with van der Waals surface area (Å²) in [5, 5.41) is 2.24. The summed E-state index contributed by atoms with van der Waals surface area (Å²) >= 11 is 0. The standard InChI is InChI=1S/C19H19N3O3/c1-12-9-15(13(2)21(12)3)10-16-17(23)20-19(25)22(18(16)24)11-14-7-5-4-6-8-14/h4-10H,11H2,1-3H3,(H,20,23,25)/b16-10+. The first-order valence-electron chi connectivity index (χ1n) is 7.94. The van der Waals surface area contributed by atoms with Crippen LogP contribution in [0, 0.1) is 13.8 Å². The van der Waals surface area contributed by atoms with Crippen LogP contribution in [0.5, 0.6) is 0 Å². The molecule has 0 unspecified atom stereocenters. The van der Waals surface area contributed by atoms with Crippen molar-refractivity contribution in [3.8, 4) is 0 Å². The average Bonchev–Trinajstić information content (AvgIpc) is 2.83. The predicted molar refractivity (Wildman–Crippen MR) is 93.4 cm³/mol. The molecule has 6 heteroatoms. The first-order chi connectivity index (χ1) is 11.9. The summed E-state index contributed by atoms with van der Waals surface area (Å²) in [6.07, 6.45) is 1.55. The van der Waals surface area contributed by atoms with Crippen LogP contribution in [-0.2, 0) is 23.2 Å². The highest BCUT2D eigenvalue weighted by Crippen LogP contribution is 2.20. The number of imide groups is 2. The minimum Gasteiger partial charge on any atom is -0.352 e. The maximum Gasteiger partial charge on any atom is 0.331 e. The summed E-state index contributed by atoms with van der Waals surface area (Å²) in [6, 6.07) is 10.4. The topological polar surface area (TPSA) is 71.4 Å². The van der Waals surface area contributed by atoms with E-state index < -0.39 is 17.8 Å². The van der Waals surface area contributed by atoms with Crippen molar-refractivity contribution in [3.05, 3.63) is 64.5 Å². The van der Waals surface area contributed by atoms with E-state index in [9.17, 15) is 14.4 Å². The van der Waals surface area contributed by atoms with Crippen LogP contribution in [0.4, 0.5) is 4.79 Å². The summed E-state index contributed by atoms with van der Waals surface area (Å²) in [6.45, 7) is 3.98. The SMILES string of the molecule is Cc1cc(/C=C2\C(=O)NC(=O)N(Cc3ccccc3)C2=O)c(C)n1C. The maximum atomic E-state index is 12.7. The number of carbonyl (C=O) groups is 3. The van der Waals surface area contributed by atoms with Gasteiger partial charge in [0, 0.05) is 18.4 Å². The molecule has 0 spiro atoms. The van der Waals surface area contributed by atoms with Crippen LogP contribution in [0.15, 0.2) is 42.0 Å². The summed E-state index contributed by atoms with van der Waals surface area (Å²) in [4.78, 5) is 38.0. The van der Waals surface area contributed by atoms with E-state index in [1.165, 1.54) is 0 Å². The minimum atomic E-state index is -0.697. The third kappa shape index (κ3) is 3.10. The molecule has 2 aromatic rings. The third-order valence-corrected chi connectivity index (χ3v) is 4.48. The summed E-state index contributed by atoms with van der Waals surface area (Å²) < 4.78 is 1.98. The van der Waals surface area contributed by atoms with Gasteiger partial charge in [-0.2, -0.15) is 0 Å². The molecule has 1 aliphatic rings. The van der Waals surface area contributed by atoms with E-state index in [1.54, 1.807) is 6.08 Å². The van der Waals surface area contributed by atoms with Crippen molar-refractivity contribution in [1.82, 2.24) is 14.8 Å². The van der Waals surface area contributed by atoms with E-state index in [0.29, 0.717) is 0 Å². The Balaban J connectivity index is 1.95. The maximum absolute atomic E-state index is 12.7. The van der Waals surface area contributed by atoms with Crippen molar-refractivity contribution in [1.29, 1.82) is 0 Å². The number of aryl methyl sites for hydroxylation is 1. The number of carbonyl (C=O) groups excluding carboxylic acids is 3. The number of urea groups is 1. The Morgan fingerprint density at radius 2 is 1.76 bits per heavy atom. The lowest BCUT2D eigenvalue weighted by Crippen LogP contribution is -2.53. The molecule has 6 nitrogen and oxygen atoms in total. The number of hydrogen-bond acceptors (Lipinski definition) is 3. The first-order valence-corrected chi connectivity index (χ1v) is 7.94. The second kappa shape index (κ2) is 6.39. The fraction of sp³-hybridized carbons (Fsp3) is 0.211. The van der Waals surface area contributed by atoms with E-state index in [-0.39, 0.29) is 12.1 Å². The van der Waals surface area contributed by atoms with E-state index in [4.69, 9.17) is 0 Å². The van der Waals surface area contributed by atoms with Gasteiger partial charge in [-0.15, -0.1) is 0 Å². The second-order valence-corrected chi connectivity index (χ2v) is 6.08. The van der Waals surface area contributed by atoms with Gasteiger partial charge in [0.15, 0.2) is 0 Å². The molecular formula is C19H19N3O3. The van der Waals surface area contributed by atoms with Crippen molar-refractivity contribution in [2.45, 2.75) is 20.4 Å². The molecule has 4 amide bonds. The Morgan fingerprint density at radius 1 is 1.08 bits per heavy atom. The molecule has 128 valence electrons. The molecule has 1 aliphatic heterocycles. The average molecular weight is 337 g/mol. The molecular weight excluding hydrogens is 318 g/mol. The minimum absolute atomic E-state index is 0.0377. The Hall–Kier alpha value is -3.15.